The average molecular weight is 168 g/mol. The van der Waals surface area contributed by atoms with Crippen LogP contribution in [0.25, 0.3) is 0 Å². The van der Waals surface area contributed by atoms with E-state index < -0.39 is 0 Å². The quantitative estimate of drug-likeness (QED) is 0.678. The van der Waals surface area contributed by atoms with Gasteiger partial charge >= 0.3 is 0 Å². The maximum absolute atomic E-state index is 9.09. The van der Waals surface area contributed by atoms with Gasteiger partial charge in [0.2, 0.25) is 0 Å². The van der Waals surface area contributed by atoms with Crippen LogP contribution in [0.15, 0.2) is 24.0 Å². The predicted molar refractivity (Wildman–Crippen MR) is 48.9 cm³/mol. The Kier molecular flexibility index (Phi) is 2.93. The molecule has 0 spiro atoms. The molecule has 0 aromatic heterocycles. The number of aliphatic hydroxyl groups excluding tert-OH is 2. The van der Waals surface area contributed by atoms with Crippen LogP contribution in [-0.2, 0) is 0 Å². The third-order valence-electron chi connectivity index (χ3n) is 2.34. The standard InChI is InChI=1S/C10H16O2/c1-10(5-2-8-11)6-3-9(12)4-7-10/h3-4,6,11-12H,2,5,7-8H2,1H3. The largest absolute Gasteiger partial charge is 0.508 e. The maximum Gasteiger partial charge on any atom is 0.111 e. The van der Waals surface area contributed by atoms with E-state index in [-0.39, 0.29) is 12.0 Å². The van der Waals surface area contributed by atoms with Crippen molar-refractivity contribution in [2.75, 3.05) is 6.61 Å². The van der Waals surface area contributed by atoms with Crippen molar-refractivity contribution in [3.05, 3.63) is 24.0 Å². The SMILES string of the molecule is CC1(CCCO)C=CC(O)=CC1. The molecule has 0 radical (unpaired) electrons. The molecule has 0 bridgehead atoms. The molecule has 0 aliphatic heterocycles. The molecule has 0 fully saturated rings. The molecule has 12 heavy (non-hydrogen) atoms. The first-order valence-corrected chi connectivity index (χ1v) is 4.35. The van der Waals surface area contributed by atoms with Crippen LogP contribution in [-0.4, -0.2) is 16.8 Å². The summed E-state index contributed by atoms with van der Waals surface area (Å²) < 4.78 is 0. The van der Waals surface area contributed by atoms with Crippen LogP contribution in [0.5, 0.6) is 0 Å². The first kappa shape index (κ1) is 9.33. The molecule has 1 rings (SSSR count). The van der Waals surface area contributed by atoms with Gasteiger partial charge in [0.15, 0.2) is 0 Å². The zero-order valence-corrected chi connectivity index (χ0v) is 7.45. The molecule has 1 aliphatic carbocycles. The van der Waals surface area contributed by atoms with Crippen LogP contribution in [0.4, 0.5) is 0 Å². The molecule has 2 N–H and O–H groups in total. The first-order chi connectivity index (χ1) is 5.66. The van der Waals surface area contributed by atoms with Crippen molar-refractivity contribution < 1.29 is 10.2 Å². The van der Waals surface area contributed by atoms with E-state index in [2.05, 4.69) is 6.92 Å². The number of aliphatic hydroxyl groups is 2. The summed E-state index contributed by atoms with van der Waals surface area (Å²) in [6, 6.07) is 0. The summed E-state index contributed by atoms with van der Waals surface area (Å²) in [7, 11) is 0. The van der Waals surface area contributed by atoms with Crippen LogP contribution in [0.2, 0.25) is 0 Å². The van der Waals surface area contributed by atoms with E-state index in [0.29, 0.717) is 5.76 Å². The number of hydrogen-bond acceptors (Lipinski definition) is 2. The van der Waals surface area contributed by atoms with Gasteiger partial charge in [-0.1, -0.05) is 13.0 Å². The van der Waals surface area contributed by atoms with Crippen LogP contribution >= 0.6 is 0 Å². The summed E-state index contributed by atoms with van der Waals surface area (Å²) in [6.07, 6.45) is 8.27. The minimum Gasteiger partial charge on any atom is -0.508 e. The van der Waals surface area contributed by atoms with Gasteiger partial charge in [-0.05, 0) is 36.8 Å². The highest BCUT2D eigenvalue weighted by atomic mass is 16.3. The fourth-order valence-corrected chi connectivity index (χ4v) is 1.43. The van der Waals surface area contributed by atoms with E-state index in [1.807, 2.05) is 12.2 Å². The monoisotopic (exact) mass is 168 g/mol. The second-order valence-corrected chi connectivity index (χ2v) is 3.65. The van der Waals surface area contributed by atoms with Gasteiger partial charge < -0.3 is 10.2 Å². The lowest BCUT2D eigenvalue weighted by atomic mass is 9.79. The molecule has 2 nitrogen and oxygen atoms in total. The summed E-state index contributed by atoms with van der Waals surface area (Å²) >= 11 is 0. The smallest absolute Gasteiger partial charge is 0.111 e. The van der Waals surface area contributed by atoms with Crippen LogP contribution in [0.3, 0.4) is 0 Å². The van der Waals surface area contributed by atoms with Crippen molar-refractivity contribution in [3.8, 4) is 0 Å². The molecule has 1 aliphatic rings. The molecule has 0 heterocycles. The molecule has 0 aromatic rings. The Hall–Kier alpha value is -0.760. The summed E-state index contributed by atoms with van der Waals surface area (Å²) in [4.78, 5) is 0. The van der Waals surface area contributed by atoms with Crippen LogP contribution in [0, 0.1) is 5.41 Å². The van der Waals surface area contributed by atoms with Crippen LogP contribution < -0.4 is 0 Å². The minimum absolute atomic E-state index is 0.134. The van der Waals surface area contributed by atoms with Gasteiger partial charge in [0, 0.05) is 6.61 Å². The number of rotatable bonds is 3. The lowest BCUT2D eigenvalue weighted by Crippen LogP contribution is -2.15. The zero-order chi connectivity index (χ0) is 9.03. The van der Waals surface area contributed by atoms with Crippen molar-refractivity contribution >= 4 is 0 Å². The molecule has 0 saturated heterocycles. The van der Waals surface area contributed by atoms with E-state index >= 15 is 0 Å². The maximum atomic E-state index is 9.09. The Morgan fingerprint density at radius 3 is 2.83 bits per heavy atom. The summed E-state index contributed by atoms with van der Waals surface area (Å²) in [5.74, 6) is 0.358. The lowest BCUT2D eigenvalue weighted by Gasteiger charge is -2.26. The number of allylic oxidation sites excluding steroid dienone is 3. The fourth-order valence-electron chi connectivity index (χ4n) is 1.43. The summed E-state index contributed by atoms with van der Waals surface area (Å²) in [6.45, 7) is 2.39. The van der Waals surface area contributed by atoms with Crippen molar-refractivity contribution in [2.24, 2.45) is 5.41 Å². The number of hydrogen-bond donors (Lipinski definition) is 2. The van der Waals surface area contributed by atoms with Crippen LogP contribution in [0.1, 0.15) is 26.2 Å². The molecule has 0 aromatic carbocycles. The summed E-state index contributed by atoms with van der Waals surface area (Å²) in [5.41, 5.74) is 0.134. The Morgan fingerprint density at radius 1 is 1.58 bits per heavy atom. The molecule has 2 heteroatoms. The van der Waals surface area contributed by atoms with E-state index in [9.17, 15) is 0 Å². The first-order valence-electron chi connectivity index (χ1n) is 4.35. The van der Waals surface area contributed by atoms with Gasteiger partial charge in [0.25, 0.3) is 0 Å². The topological polar surface area (TPSA) is 40.5 Å². The van der Waals surface area contributed by atoms with Gasteiger partial charge in [-0.2, -0.15) is 0 Å². The van der Waals surface area contributed by atoms with Gasteiger partial charge in [-0.3, -0.25) is 0 Å². The average Bonchev–Trinajstić information content (AvgIpc) is 2.08. The third-order valence-corrected chi connectivity index (χ3v) is 2.34. The Bertz CT molecular complexity index is 206. The molecule has 1 atom stereocenters. The van der Waals surface area contributed by atoms with E-state index in [4.69, 9.17) is 10.2 Å². The third kappa shape index (κ3) is 2.38. The second-order valence-electron chi connectivity index (χ2n) is 3.65. The van der Waals surface area contributed by atoms with Crippen molar-refractivity contribution in [2.45, 2.75) is 26.2 Å². The molecular formula is C10H16O2. The summed E-state index contributed by atoms with van der Waals surface area (Å²) in [5, 5.41) is 17.8. The predicted octanol–water partition coefficient (Wildman–Crippen LogP) is 2.17. The fraction of sp³-hybridized carbons (Fsp3) is 0.600. The second kappa shape index (κ2) is 3.76. The Balaban J connectivity index is 2.47. The molecule has 68 valence electrons. The van der Waals surface area contributed by atoms with Gasteiger partial charge in [-0.15, -0.1) is 0 Å². The molecular weight excluding hydrogens is 152 g/mol. The van der Waals surface area contributed by atoms with E-state index in [1.165, 1.54) is 0 Å². The van der Waals surface area contributed by atoms with Crippen molar-refractivity contribution in [1.29, 1.82) is 0 Å². The van der Waals surface area contributed by atoms with Gasteiger partial charge in [0.1, 0.15) is 5.76 Å². The Labute approximate surface area is 73.2 Å². The zero-order valence-electron chi connectivity index (χ0n) is 7.45. The molecule has 1 unspecified atom stereocenters. The normalized spacial score (nSPS) is 28.7. The highest BCUT2D eigenvalue weighted by Gasteiger charge is 2.21. The van der Waals surface area contributed by atoms with Gasteiger partial charge in [0.05, 0.1) is 0 Å². The van der Waals surface area contributed by atoms with Gasteiger partial charge in [-0.25, -0.2) is 0 Å². The lowest BCUT2D eigenvalue weighted by molar-refractivity contribution is 0.254. The minimum atomic E-state index is 0.134. The Morgan fingerprint density at radius 2 is 2.33 bits per heavy atom. The highest BCUT2D eigenvalue weighted by Crippen LogP contribution is 2.33. The van der Waals surface area contributed by atoms with Crippen molar-refractivity contribution in [1.82, 2.24) is 0 Å². The highest BCUT2D eigenvalue weighted by molar-refractivity contribution is 5.20. The van der Waals surface area contributed by atoms with E-state index in [0.717, 1.165) is 19.3 Å². The van der Waals surface area contributed by atoms with E-state index in [1.54, 1.807) is 6.08 Å². The molecule has 0 amide bonds. The molecule has 0 saturated carbocycles. The van der Waals surface area contributed by atoms with Crippen molar-refractivity contribution in [3.63, 3.8) is 0 Å².